The van der Waals surface area contributed by atoms with Crippen molar-refractivity contribution in [1.82, 2.24) is 9.97 Å². The third kappa shape index (κ3) is 8.29. The summed E-state index contributed by atoms with van der Waals surface area (Å²) >= 11 is 0. The number of para-hydroxylation sites is 1. The summed E-state index contributed by atoms with van der Waals surface area (Å²) in [6, 6.07) is 70.3. The van der Waals surface area contributed by atoms with E-state index in [4.69, 9.17) is 9.97 Å². The number of aromatic nitrogens is 2. The van der Waals surface area contributed by atoms with E-state index in [0.717, 1.165) is 72.6 Å². The van der Waals surface area contributed by atoms with Gasteiger partial charge in [-0.15, -0.1) is 0 Å². The fourth-order valence-electron chi connectivity index (χ4n) is 8.32. The topological polar surface area (TPSA) is 46.0 Å². The molecule has 1 unspecified atom stereocenters. The molecule has 2 heterocycles. The zero-order valence-electron chi connectivity index (χ0n) is 35.0. The molecular weight excluding hydrogens is 741 g/mol. The first-order chi connectivity index (χ1) is 29.7. The van der Waals surface area contributed by atoms with Gasteiger partial charge in [-0.25, -0.2) is 4.98 Å². The Balaban J connectivity index is 1.25. The predicted molar refractivity (Wildman–Crippen MR) is 254 cm³/mol. The number of benzene rings is 7. The van der Waals surface area contributed by atoms with Crippen LogP contribution >= 0.6 is 0 Å². The van der Waals surface area contributed by atoms with Gasteiger partial charge in [0.25, 0.3) is 0 Å². The smallest absolute Gasteiger partial charge is 0.128 e. The molecule has 0 saturated heterocycles. The first kappa shape index (κ1) is 39.1. The number of pyridine rings is 2. The van der Waals surface area contributed by atoms with E-state index in [-0.39, 0.29) is 17.1 Å². The van der Waals surface area contributed by atoms with Gasteiger partial charge in [-0.3, -0.25) is 4.98 Å². The molecule has 0 spiro atoms. The van der Waals surface area contributed by atoms with Gasteiger partial charge >= 0.3 is 0 Å². The zero-order chi connectivity index (χ0) is 41.9. The van der Waals surface area contributed by atoms with Crippen LogP contribution in [0.1, 0.15) is 50.3 Å². The van der Waals surface area contributed by atoms with E-state index in [9.17, 15) is 5.11 Å². The quantitative estimate of drug-likeness (QED) is 0.158. The largest absolute Gasteiger partial charge is 0.507 e. The highest BCUT2D eigenvalue weighted by atomic mass is 16.3. The highest BCUT2D eigenvalue weighted by Gasteiger charge is 2.22. The van der Waals surface area contributed by atoms with E-state index < -0.39 is 0 Å². The van der Waals surface area contributed by atoms with E-state index >= 15 is 0 Å². The number of aromatic hydroxyl groups is 1. The van der Waals surface area contributed by atoms with Crippen LogP contribution in [-0.4, -0.2) is 15.1 Å². The van der Waals surface area contributed by atoms with Gasteiger partial charge in [0.05, 0.1) is 17.1 Å². The van der Waals surface area contributed by atoms with Crippen molar-refractivity contribution >= 4 is 0 Å². The summed E-state index contributed by atoms with van der Waals surface area (Å²) in [6.45, 7) is 8.63. The molecule has 0 aliphatic rings. The molecular formula is C58H48N2O. The number of hydrogen-bond acceptors (Lipinski definition) is 3. The van der Waals surface area contributed by atoms with Crippen molar-refractivity contribution in [2.24, 2.45) is 0 Å². The number of phenols is 1. The average Bonchev–Trinajstić information content (AvgIpc) is 3.31. The maximum absolute atomic E-state index is 11.9. The van der Waals surface area contributed by atoms with Gasteiger partial charge in [-0.05, 0) is 115 Å². The van der Waals surface area contributed by atoms with Gasteiger partial charge in [0.15, 0.2) is 0 Å². The summed E-state index contributed by atoms with van der Waals surface area (Å²) in [4.78, 5) is 10.4. The van der Waals surface area contributed by atoms with Gasteiger partial charge in [-0.1, -0.05) is 179 Å². The first-order valence-electron chi connectivity index (χ1n) is 21.0. The van der Waals surface area contributed by atoms with Gasteiger partial charge < -0.3 is 5.11 Å². The van der Waals surface area contributed by atoms with Gasteiger partial charge in [0.1, 0.15) is 5.75 Å². The second kappa shape index (κ2) is 16.7. The molecule has 0 saturated carbocycles. The van der Waals surface area contributed by atoms with Gasteiger partial charge in [0.2, 0.25) is 0 Å². The summed E-state index contributed by atoms with van der Waals surface area (Å²) < 4.78 is 0. The van der Waals surface area contributed by atoms with Crippen molar-refractivity contribution < 1.29 is 5.11 Å². The normalized spacial score (nSPS) is 11.9. The minimum atomic E-state index is -0.264. The first-order valence-corrected chi connectivity index (χ1v) is 21.0. The highest BCUT2D eigenvalue weighted by Crippen LogP contribution is 2.42. The molecule has 9 rings (SSSR count). The third-order valence-electron chi connectivity index (χ3n) is 11.7. The molecule has 0 fully saturated rings. The molecule has 1 N–H and O–H groups in total. The zero-order valence-corrected chi connectivity index (χ0v) is 35.0. The third-order valence-corrected chi connectivity index (χ3v) is 11.7. The summed E-state index contributed by atoms with van der Waals surface area (Å²) in [5.74, 6) is 0.516. The standard InChI is InChI=1S/C58H48N2O/c1-39(40-17-8-5-9-18-40)41-27-29-43(30-28-41)46-33-48(54-36-45(31-32-59-54)42-19-10-6-11-20-42)35-49(34-46)55-37-47(51-24-15-14-23-50(51)44-21-12-7-13-22-44)38-56(60-55)52-25-16-26-53(57(52)61)58(2,3)4/h5-39,61H,1-4H3. The average molecular weight is 789 g/mol. The van der Waals surface area contributed by atoms with Crippen LogP contribution in [0, 0.1) is 0 Å². The molecule has 0 aliphatic carbocycles. The Hall–Kier alpha value is -7.36. The summed E-state index contributed by atoms with van der Waals surface area (Å²) in [5.41, 5.74) is 16.9. The lowest BCUT2D eigenvalue weighted by molar-refractivity contribution is 0.448. The van der Waals surface area contributed by atoms with Crippen LogP contribution in [0.15, 0.2) is 206 Å². The molecule has 296 valence electrons. The summed E-state index contributed by atoms with van der Waals surface area (Å²) in [6.07, 6.45) is 1.90. The lowest BCUT2D eigenvalue weighted by atomic mass is 9.84. The molecule has 3 heteroatoms. The minimum absolute atomic E-state index is 0.253. The molecule has 0 amide bonds. The second-order valence-electron chi connectivity index (χ2n) is 16.8. The van der Waals surface area contributed by atoms with Crippen molar-refractivity contribution in [2.75, 3.05) is 0 Å². The molecule has 0 bridgehead atoms. The monoisotopic (exact) mass is 788 g/mol. The van der Waals surface area contributed by atoms with E-state index in [0.29, 0.717) is 11.3 Å². The maximum Gasteiger partial charge on any atom is 0.128 e. The van der Waals surface area contributed by atoms with Crippen LogP contribution in [0.5, 0.6) is 5.75 Å². The lowest BCUT2D eigenvalue weighted by Crippen LogP contribution is -2.11. The molecule has 0 radical (unpaired) electrons. The van der Waals surface area contributed by atoms with E-state index in [2.05, 4.69) is 198 Å². The Labute approximate surface area is 359 Å². The number of nitrogens with zero attached hydrogens (tertiary/aromatic N) is 2. The fraction of sp³-hybridized carbons (Fsp3) is 0.103. The molecule has 2 aromatic heterocycles. The molecule has 3 nitrogen and oxygen atoms in total. The highest BCUT2D eigenvalue weighted by molar-refractivity contribution is 5.89. The fourth-order valence-corrected chi connectivity index (χ4v) is 8.32. The second-order valence-corrected chi connectivity index (χ2v) is 16.8. The van der Waals surface area contributed by atoms with Crippen LogP contribution in [0.25, 0.3) is 78.3 Å². The van der Waals surface area contributed by atoms with Crippen LogP contribution < -0.4 is 0 Å². The van der Waals surface area contributed by atoms with Gasteiger partial charge in [-0.2, -0.15) is 0 Å². The minimum Gasteiger partial charge on any atom is -0.507 e. The van der Waals surface area contributed by atoms with Crippen molar-refractivity contribution in [3.05, 3.63) is 223 Å². The Morgan fingerprint density at radius 1 is 0.393 bits per heavy atom. The SMILES string of the molecule is CC(c1ccccc1)c1ccc(-c2cc(-c3cc(-c4ccccc4)ccn3)cc(-c3cc(-c4ccccc4-c4ccccc4)cc(-c4cccc(C(C)(C)C)c4O)n3)c2)cc1. The van der Waals surface area contributed by atoms with Crippen molar-refractivity contribution in [3.8, 4) is 84.0 Å². The number of rotatable bonds is 9. The van der Waals surface area contributed by atoms with Crippen LogP contribution in [0.2, 0.25) is 0 Å². The van der Waals surface area contributed by atoms with Crippen LogP contribution in [0.4, 0.5) is 0 Å². The Bertz CT molecular complexity index is 2950. The van der Waals surface area contributed by atoms with Crippen molar-refractivity contribution in [3.63, 3.8) is 0 Å². The van der Waals surface area contributed by atoms with Crippen LogP contribution in [-0.2, 0) is 5.41 Å². The molecule has 61 heavy (non-hydrogen) atoms. The Morgan fingerprint density at radius 2 is 0.902 bits per heavy atom. The van der Waals surface area contributed by atoms with E-state index in [1.54, 1.807) is 0 Å². The van der Waals surface area contributed by atoms with E-state index in [1.807, 2.05) is 36.5 Å². The van der Waals surface area contributed by atoms with E-state index in [1.165, 1.54) is 11.1 Å². The van der Waals surface area contributed by atoms with Crippen molar-refractivity contribution in [1.29, 1.82) is 0 Å². The molecule has 7 aromatic carbocycles. The molecule has 0 aliphatic heterocycles. The summed E-state index contributed by atoms with van der Waals surface area (Å²) in [5, 5.41) is 11.9. The summed E-state index contributed by atoms with van der Waals surface area (Å²) in [7, 11) is 0. The Morgan fingerprint density at radius 3 is 1.57 bits per heavy atom. The maximum atomic E-state index is 11.9. The molecule has 9 aromatic rings. The number of phenolic OH excluding ortho intramolecular Hbond substituents is 1. The lowest BCUT2D eigenvalue weighted by Gasteiger charge is -2.22. The Kier molecular flexibility index (Phi) is 10.7. The predicted octanol–water partition coefficient (Wildman–Crippen LogP) is 15.3. The van der Waals surface area contributed by atoms with Gasteiger partial charge in [0, 0.05) is 28.8 Å². The molecule has 1 atom stereocenters. The number of hydrogen-bond donors (Lipinski definition) is 1. The van der Waals surface area contributed by atoms with Crippen LogP contribution in [0.3, 0.4) is 0 Å². The van der Waals surface area contributed by atoms with Crippen molar-refractivity contribution in [2.45, 2.75) is 39.0 Å².